The molecule has 3 N–H and O–H groups in total. The first-order chi connectivity index (χ1) is 10.1. The van der Waals surface area contributed by atoms with Crippen molar-refractivity contribution in [2.75, 3.05) is 45.8 Å². The molecule has 7 nitrogen and oxygen atoms in total. The van der Waals surface area contributed by atoms with Gasteiger partial charge in [0.25, 0.3) is 0 Å². The second-order valence-electron chi connectivity index (χ2n) is 5.54. The molecule has 2 heterocycles. The van der Waals surface area contributed by atoms with Crippen LogP contribution in [0.1, 0.15) is 6.42 Å². The molecule has 9 heteroatoms. The normalized spacial score (nSPS) is 24.3. The number of aliphatic hydroxyl groups excluding tert-OH is 1. The van der Waals surface area contributed by atoms with E-state index < -0.39 is 6.10 Å². The van der Waals surface area contributed by atoms with Crippen molar-refractivity contribution in [1.29, 1.82) is 0 Å². The first kappa shape index (κ1) is 22.1. The zero-order valence-electron chi connectivity index (χ0n) is 13.1. The minimum absolute atomic E-state index is 0. The summed E-state index contributed by atoms with van der Waals surface area (Å²) in [5.74, 6) is 0.0394. The summed E-state index contributed by atoms with van der Waals surface area (Å²) in [7, 11) is 0. The summed E-state index contributed by atoms with van der Waals surface area (Å²) in [5.41, 5.74) is 0. The summed E-state index contributed by atoms with van der Waals surface area (Å²) in [6.07, 6.45) is 1.72. The lowest BCUT2D eigenvalue weighted by molar-refractivity contribution is -0.135. The van der Waals surface area contributed by atoms with Crippen molar-refractivity contribution in [2.24, 2.45) is 0 Å². The van der Waals surface area contributed by atoms with Crippen LogP contribution in [0.4, 0.5) is 0 Å². The number of nitrogens with zero attached hydrogens (tertiary/aromatic N) is 2. The number of rotatable bonds is 5. The number of aliphatic hydroxyl groups is 1. The van der Waals surface area contributed by atoms with E-state index in [2.05, 4.69) is 17.2 Å². The molecule has 0 saturated carbocycles. The van der Waals surface area contributed by atoms with Crippen LogP contribution in [0.5, 0.6) is 0 Å². The average molecular weight is 369 g/mol. The van der Waals surface area contributed by atoms with Gasteiger partial charge in [0.05, 0.1) is 18.7 Å². The van der Waals surface area contributed by atoms with Crippen LogP contribution in [0.3, 0.4) is 0 Å². The minimum atomic E-state index is -0.422. The fourth-order valence-corrected chi connectivity index (χ4v) is 2.70. The molecule has 0 aromatic heterocycles. The molecule has 2 aliphatic heterocycles. The molecule has 2 rings (SSSR count). The summed E-state index contributed by atoms with van der Waals surface area (Å²) in [4.78, 5) is 27.7. The Bertz CT molecular complexity index is 403. The van der Waals surface area contributed by atoms with Gasteiger partial charge >= 0.3 is 0 Å². The van der Waals surface area contributed by atoms with Crippen molar-refractivity contribution in [1.82, 2.24) is 20.4 Å². The van der Waals surface area contributed by atoms with Gasteiger partial charge < -0.3 is 20.6 Å². The predicted octanol–water partition coefficient (Wildman–Crippen LogP) is -1.00. The van der Waals surface area contributed by atoms with E-state index in [0.29, 0.717) is 52.2 Å². The van der Waals surface area contributed by atoms with Crippen molar-refractivity contribution < 1.29 is 14.7 Å². The van der Waals surface area contributed by atoms with Crippen molar-refractivity contribution in [3.63, 3.8) is 0 Å². The van der Waals surface area contributed by atoms with Crippen LogP contribution in [0.15, 0.2) is 12.7 Å². The van der Waals surface area contributed by atoms with Crippen LogP contribution in [0.2, 0.25) is 0 Å². The van der Waals surface area contributed by atoms with E-state index in [1.807, 2.05) is 9.80 Å². The minimum Gasteiger partial charge on any atom is -0.392 e. The Labute approximate surface area is 149 Å². The summed E-state index contributed by atoms with van der Waals surface area (Å²) >= 11 is 0. The molecule has 134 valence electrons. The summed E-state index contributed by atoms with van der Waals surface area (Å²) in [6.45, 7) is 7.53. The van der Waals surface area contributed by atoms with E-state index >= 15 is 0 Å². The van der Waals surface area contributed by atoms with E-state index in [4.69, 9.17) is 0 Å². The highest BCUT2D eigenvalue weighted by molar-refractivity contribution is 5.85. The molecule has 2 saturated heterocycles. The molecule has 2 amide bonds. The molecule has 2 unspecified atom stereocenters. The SMILES string of the molecule is C=CCNC(=O)CN1CCN(C(=O)C2CC(O)CN2)CC1.Cl.Cl. The largest absolute Gasteiger partial charge is 0.392 e. The fraction of sp³-hybridized carbons (Fsp3) is 0.714. The lowest BCUT2D eigenvalue weighted by Gasteiger charge is -2.35. The average Bonchev–Trinajstić information content (AvgIpc) is 2.92. The van der Waals surface area contributed by atoms with E-state index in [1.54, 1.807) is 6.08 Å². The van der Waals surface area contributed by atoms with Gasteiger partial charge in [-0.1, -0.05) is 6.08 Å². The van der Waals surface area contributed by atoms with Gasteiger partial charge in [0.2, 0.25) is 11.8 Å². The van der Waals surface area contributed by atoms with Gasteiger partial charge in [-0.3, -0.25) is 14.5 Å². The predicted molar refractivity (Wildman–Crippen MR) is 93.1 cm³/mol. The number of piperazine rings is 1. The van der Waals surface area contributed by atoms with Crippen molar-refractivity contribution in [3.8, 4) is 0 Å². The number of hydrogen-bond acceptors (Lipinski definition) is 5. The van der Waals surface area contributed by atoms with Crippen LogP contribution in [0, 0.1) is 0 Å². The van der Waals surface area contributed by atoms with Gasteiger partial charge in [-0.05, 0) is 6.42 Å². The number of nitrogens with one attached hydrogen (secondary N) is 2. The molecule has 2 aliphatic rings. The van der Waals surface area contributed by atoms with Crippen molar-refractivity contribution >= 4 is 36.6 Å². The Morgan fingerprint density at radius 3 is 2.43 bits per heavy atom. The number of hydrogen-bond donors (Lipinski definition) is 3. The third kappa shape index (κ3) is 6.64. The first-order valence-electron chi connectivity index (χ1n) is 7.40. The van der Waals surface area contributed by atoms with Crippen molar-refractivity contribution in [2.45, 2.75) is 18.6 Å². The first-order valence-corrected chi connectivity index (χ1v) is 7.40. The Morgan fingerprint density at radius 2 is 1.91 bits per heavy atom. The van der Waals surface area contributed by atoms with E-state index in [0.717, 1.165) is 0 Å². The molecular formula is C14H26Cl2N4O3. The van der Waals surface area contributed by atoms with E-state index in [-0.39, 0.29) is 42.7 Å². The van der Waals surface area contributed by atoms with Crippen LogP contribution >= 0.6 is 24.8 Å². The Kier molecular flexibility index (Phi) is 10.4. The monoisotopic (exact) mass is 368 g/mol. The second-order valence-corrected chi connectivity index (χ2v) is 5.54. The van der Waals surface area contributed by atoms with Gasteiger partial charge in [-0.2, -0.15) is 0 Å². The van der Waals surface area contributed by atoms with Crippen LogP contribution in [-0.2, 0) is 9.59 Å². The number of carbonyl (C=O) groups is 2. The number of β-amino-alcohol motifs (C(OH)–C–C–N with tert-alkyl or cyclic N) is 1. The highest BCUT2D eigenvalue weighted by Gasteiger charge is 2.32. The maximum absolute atomic E-state index is 12.3. The van der Waals surface area contributed by atoms with E-state index in [9.17, 15) is 14.7 Å². The molecule has 0 spiro atoms. The maximum Gasteiger partial charge on any atom is 0.239 e. The fourth-order valence-electron chi connectivity index (χ4n) is 2.70. The topological polar surface area (TPSA) is 84.9 Å². The third-order valence-corrected chi connectivity index (χ3v) is 3.90. The lowest BCUT2D eigenvalue weighted by atomic mass is 10.1. The number of amides is 2. The maximum atomic E-state index is 12.3. The highest BCUT2D eigenvalue weighted by Crippen LogP contribution is 2.11. The highest BCUT2D eigenvalue weighted by atomic mass is 35.5. The lowest BCUT2D eigenvalue weighted by Crippen LogP contribution is -2.54. The molecule has 0 aliphatic carbocycles. The zero-order valence-corrected chi connectivity index (χ0v) is 14.7. The van der Waals surface area contributed by atoms with Gasteiger partial charge in [0.15, 0.2) is 0 Å². The number of carbonyl (C=O) groups excluding carboxylic acids is 2. The third-order valence-electron chi connectivity index (χ3n) is 3.90. The summed E-state index contributed by atoms with van der Waals surface area (Å²) in [6, 6.07) is -0.262. The quantitative estimate of drug-likeness (QED) is 0.542. The molecule has 0 aromatic rings. The number of halogens is 2. The molecule has 23 heavy (non-hydrogen) atoms. The molecular weight excluding hydrogens is 343 g/mol. The molecule has 0 radical (unpaired) electrons. The van der Waals surface area contributed by atoms with Gasteiger partial charge in [0, 0.05) is 39.3 Å². The summed E-state index contributed by atoms with van der Waals surface area (Å²) in [5, 5.41) is 15.3. The molecule has 2 atom stereocenters. The summed E-state index contributed by atoms with van der Waals surface area (Å²) < 4.78 is 0. The van der Waals surface area contributed by atoms with Crippen LogP contribution in [-0.4, -0.2) is 84.7 Å². The Hall–Kier alpha value is -0.860. The molecule has 0 aromatic carbocycles. The molecule has 2 fully saturated rings. The standard InChI is InChI=1S/C14H24N4O3.2ClH/c1-2-3-15-13(20)10-17-4-6-18(7-5-17)14(21)12-8-11(19)9-16-12;;/h2,11-12,16,19H,1,3-10H2,(H,15,20);2*1H. The smallest absolute Gasteiger partial charge is 0.239 e. The van der Waals surface area contributed by atoms with E-state index in [1.165, 1.54) is 0 Å². The van der Waals surface area contributed by atoms with Gasteiger partial charge in [-0.15, -0.1) is 31.4 Å². The Balaban J connectivity index is 0.00000242. The Morgan fingerprint density at radius 1 is 1.26 bits per heavy atom. The van der Waals surface area contributed by atoms with Gasteiger partial charge in [0.1, 0.15) is 0 Å². The molecule has 0 bridgehead atoms. The van der Waals surface area contributed by atoms with Crippen molar-refractivity contribution in [3.05, 3.63) is 12.7 Å². The zero-order chi connectivity index (χ0) is 15.2. The van der Waals surface area contributed by atoms with Crippen LogP contribution < -0.4 is 10.6 Å². The second kappa shape index (κ2) is 10.8. The van der Waals surface area contributed by atoms with Crippen LogP contribution in [0.25, 0.3) is 0 Å². The van der Waals surface area contributed by atoms with Gasteiger partial charge in [-0.25, -0.2) is 0 Å².